The lowest BCUT2D eigenvalue weighted by Crippen LogP contribution is -2.40. The number of hydrogen-bond donors (Lipinski definition) is 1. The van der Waals surface area contributed by atoms with Gasteiger partial charge in [-0.25, -0.2) is 0 Å². The minimum Gasteiger partial charge on any atom is -0.492 e. The number of carbonyl (C=O) groups is 1. The molecule has 2 aromatic rings. The van der Waals surface area contributed by atoms with Crippen molar-refractivity contribution >= 4 is 5.97 Å². The van der Waals surface area contributed by atoms with Crippen molar-refractivity contribution in [1.29, 1.82) is 0 Å². The first-order valence-electron chi connectivity index (χ1n) is 17.7. The molecule has 51 heavy (non-hydrogen) atoms. The van der Waals surface area contributed by atoms with Crippen molar-refractivity contribution in [2.45, 2.75) is 114 Å². The van der Waals surface area contributed by atoms with Gasteiger partial charge in [-0.15, -0.1) is 0 Å². The summed E-state index contributed by atoms with van der Waals surface area (Å²) in [6.07, 6.45) is -2.72. The van der Waals surface area contributed by atoms with E-state index in [4.69, 9.17) is 28.4 Å². The Morgan fingerprint density at radius 3 is 2.08 bits per heavy atom. The highest BCUT2D eigenvalue weighted by atomic mass is 19.4. The summed E-state index contributed by atoms with van der Waals surface area (Å²) in [5, 5.41) is 10.4. The predicted octanol–water partition coefficient (Wildman–Crippen LogP) is 9.11. The number of benzene rings is 2. The summed E-state index contributed by atoms with van der Waals surface area (Å²) >= 11 is 0. The van der Waals surface area contributed by atoms with Crippen LogP contribution >= 0.6 is 0 Å². The first-order chi connectivity index (χ1) is 24.3. The standard InChI is InChI=1S/C38H53F5O8/c1-5-48-35(45)31(33(44)21-22-37(39,40)38(41,42)43)13-11-9-7-6-8-10-12-14-32-30-20-19-29(51-26-47-4)23-34(30)49-24-36(32,2)27-15-17-28(18-16-27)50-25-46-3/h15-20,23,31-33,44H,5-14,21-22,24-26H2,1-4H3. The van der Waals surface area contributed by atoms with E-state index in [0.29, 0.717) is 18.8 Å². The number of halogens is 5. The number of aliphatic hydroxyl groups excluding tert-OH is 1. The van der Waals surface area contributed by atoms with Gasteiger partial charge in [0, 0.05) is 38.0 Å². The number of methoxy groups -OCH3 is 2. The van der Waals surface area contributed by atoms with Gasteiger partial charge in [0.15, 0.2) is 13.6 Å². The van der Waals surface area contributed by atoms with Crippen LogP contribution in [0.15, 0.2) is 42.5 Å². The molecule has 0 bridgehead atoms. The molecule has 0 aromatic heterocycles. The monoisotopic (exact) mass is 732 g/mol. The third-order valence-corrected chi connectivity index (χ3v) is 9.59. The number of aliphatic hydroxyl groups is 1. The molecule has 1 heterocycles. The van der Waals surface area contributed by atoms with Crippen LogP contribution in [0.4, 0.5) is 22.0 Å². The topological polar surface area (TPSA) is 92.7 Å². The Morgan fingerprint density at radius 1 is 0.882 bits per heavy atom. The van der Waals surface area contributed by atoms with Crippen molar-refractivity contribution in [3.8, 4) is 17.2 Å². The van der Waals surface area contributed by atoms with Crippen LogP contribution in [0.2, 0.25) is 0 Å². The van der Waals surface area contributed by atoms with E-state index >= 15 is 0 Å². The van der Waals surface area contributed by atoms with Gasteiger partial charge < -0.3 is 33.5 Å². The average Bonchev–Trinajstić information content (AvgIpc) is 3.10. The number of esters is 1. The number of unbranched alkanes of at least 4 members (excludes halogenated alkanes) is 6. The third-order valence-electron chi connectivity index (χ3n) is 9.59. The molecule has 0 saturated carbocycles. The lowest BCUT2D eigenvalue weighted by Gasteiger charge is -2.43. The fraction of sp³-hybridized carbons (Fsp3) is 0.658. The molecule has 4 unspecified atom stereocenters. The zero-order chi connectivity index (χ0) is 37.5. The number of carbonyl (C=O) groups excluding carboxylic acids is 1. The van der Waals surface area contributed by atoms with Crippen molar-refractivity contribution in [3.05, 3.63) is 53.6 Å². The summed E-state index contributed by atoms with van der Waals surface area (Å²) in [7, 11) is 3.14. The SMILES string of the molecule is CCOC(=O)C(CCCCCCCCCC1c2ccc(OCOC)cc2OCC1(C)c1ccc(OCOC)cc1)C(O)CCC(F)(F)C(F)(F)F. The average molecular weight is 733 g/mol. The summed E-state index contributed by atoms with van der Waals surface area (Å²) in [6.45, 7) is 4.59. The minimum absolute atomic E-state index is 0.0132. The molecule has 1 aliphatic rings. The molecule has 13 heteroatoms. The van der Waals surface area contributed by atoms with Gasteiger partial charge in [-0.3, -0.25) is 4.79 Å². The summed E-state index contributed by atoms with van der Waals surface area (Å²) in [4.78, 5) is 12.4. The van der Waals surface area contributed by atoms with Gasteiger partial charge in [0.1, 0.15) is 17.2 Å². The fourth-order valence-electron chi connectivity index (χ4n) is 6.62. The molecule has 0 spiro atoms. The van der Waals surface area contributed by atoms with Crippen molar-refractivity contribution in [2.75, 3.05) is 41.0 Å². The molecule has 288 valence electrons. The molecule has 0 radical (unpaired) electrons. The molecule has 0 fully saturated rings. The van der Waals surface area contributed by atoms with Crippen molar-refractivity contribution in [3.63, 3.8) is 0 Å². The summed E-state index contributed by atoms with van der Waals surface area (Å²) in [5.41, 5.74) is 1.96. The molecular weight excluding hydrogens is 679 g/mol. The summed E-state index contributed by atoms with van der Waals surface area (Å²) in [6, 6.07) is 13.9. The molecule has 2 aromatic carbocycles. The van der Waals surface area contributed by atoms with Gasteiger partial charge >= 0.3 is 18.1 Å². The molecule has 1 N–H and O–H groups in total. The van der Waals surface area contributed by atoms with E-state index in [1.54, 1.807) is 21.1 Å². The van der Waals surface area contributed by atoms with Crippen LogP contribution in [0.3, 0.4) is 0 Å². The van der Waals surface area contributed by atoms with Gasteiger partial charge in [-0.05, 0) is 55.5 Å². The smallest absolute Gasteiger partial charge is 0.453 e. The fourth-order valence-corrected chi connectivity index (χ4v) is 6.62. The quantitative estimate of drug-likeness (QED) is 0.0524. The highest BCUT2D eigenvalue weighted by Crippen LogP contribution is 2.50. The van der Waals surface area contributed by atoms with Gasteiger partial charge in [0.25, 0.3) is 0 Å². The Kier molecular flexibility index (Phi) is 16.7. The van der Waals surface area contributed by atoms with Gasteiger partial charge in [-0.1, -0.05) is 70.1 Å². The molecule has 0 aliphatic carbocycles. The van der Waals surface area contributed by atoms with E-state index in [9.17, 15) is 31.9 Å². The molecule has 1 aliphatic heterocycles. The summed E-state index contributed by atoms with van der Waals surface area (Å²) in [5.74, 6) is -4.51. The maximum Gasteiger partial charge on any atom is 0.453 e. The Morgan fingerprint density at radius 2 is 1.47 bits per heavy atom. The molecule has 0 amide bonds. The third kappa shape index (κ3) is 12.2. The Balaban J connectivity index is 1.53. The second-order valence-electron chi connectivity index (χ2n) is 13.3. The first kappa shape index (κ1) is 42.3. The zero-order valence-electron chi connectivity index (χ0n) is 30.1. The second kappa shape index (κ2) is 20.2. The van der Waals surface area contributed by atoms with Crippen LogP contribution in [0.1, 0.15) is 102 Å². The molecule has 3 rings (SSSR count). The number of fused-ring (bicyclic) bond motifs is 1. The van der Waals surface area contributed by atoms with Crippen LogP contribution < -0.4 is 14.2 Å². The van der Waals surface area contributed by atoms with Crippen molar-refractivity contribution in [2.24, 2.45) is 5.92 Å². The van der Waals surface area contributed by atoms with E-state index in [-0.39, 0.29) is 37.9 Å². The second-order valence-corrected chi connectivity index (χ2v) is 13.3. The van der Waals surface area contributed by atoms with E-state index in [0.717, 1.165) is 67.6 Å². The molecule has 4 atom stereocenters. The maximum atomic E-state index is 13.4. The lowest BCUT2D eigenvalue weighted by molar-refractivity contribution is -0.285. The Bertz CT molecular complexity index is 1320. The minimum atomic E-state index is -5.71. The predicted molar refractivity (Wildman–Crippen MR) is 181 cm³/mol. The normalized spacial score (nSPS) is 18.7. The zero-order valence-corrected chi connectivity index (χ0v) is 30.1. The Labute approximate surface area is 297 Å². The van der Waals surface area contributed by atoms with Crippen molar-refractivity contribution < 1.29 is 60.3 Å². The van der Waals surface area contributed by atoms with Crippen LogP contribution in [0.5, 0.6) is 17.2 Å². The molecular formula is C38H53F5O8. The number of hydrogen-bond acceptors (Lipinski definition) is 8. The van der Waals surface area contributed by atoms with Crippen LogP contribution in [0.25, 0.3) is 0 Å². The first-order valence-corrected chi connectivity index (χ1v) is 17.7. The van der Waals surface area contributed by atoms with Crippen LogP contribution in [0, 0.1) is 5.92 Å². The summed E-state index contributed by atoms with van der Waals surface area (Å²) < 4.78 is 97.1. The maximum absolute atomic E-state index is 13.4. The van der Waals surface area contributed by atoms with Crippen LogP contribution in [-0.4, -0.2) is 70.3 Å². The molecule has 0 saturated heterocycles. The number of rotatable bonds is 23. The number of alkyl halides is 5. The van der Waals surface area contributed by atoms with E-state index in [1.807, 2.05) is 24.3 Å². The van der Waals surface area contributed by atoms with E-state index in [2.05, 4.69) is 25.1 Å². The largest absolute Gasteiger partial charge is 0.492 e. The highest BCUT2D eigenvalue weighted by Gasteiger charge is 2.57. The van der Waals surface area contributed by atoms with Gasteiger partial charge in [0.05, 0.1) is 25.2 Å². The van der Waals surface area contributed by atoms with E-state index in [1.165, 1.54) is 0 Å². The Hall–Kier alpha value is -3.16. The van der Waals surface area contributed by atoms with Crippen LogP contribution in [-0.2, 0) is 24.4 Å². The van der Waals surface area contributed by atoms with E-state index < -0.39 is 42.9 Å². The molecule has 8 nitrogen and oxygen atoms in total. The van der Waals surface area contributed by atoms with Gasteiger partial charge in [0.2, 0.25) is 0 Å². The van der Waals surface area contributed by atoms with Crippen molar-refractivity contribution in [1.82, 2.24) is 0 Å². The lowest BCUT2D eigenvalue weighted by atomic mass is 9.66. The van der Waals surface area contributed by atoms with Gasteiger partial charge in [-0.2, -0.15) is 22.0 Å². The highest BCUT2D eigenvalue weighted by molar-refractivity contribution is 5.73. The number of ether oxygens (including phenoxy) is 6.